The third kappa shape index (κ3) is 2.88. The van der Waals surface area contributed by atoms with Crippen molar-refractivity contribution in [2.24, 2.45) is 5.41 Å². The van der Waals surface area contributed by atoms with Crippen LogP contribution >= 0.6 is 0 Å². The quantitative estimate of drug-likeness (QED) is 0.807. The number of carbonyl (C=O) groups excluding carboxylic acids is 1. The van der Waals surface area contributed by atoms with E-state index in [1.54, 1.807) is 0 Å². The first-order valence-electron chi connectivity index (χ1n) is 9.51. The van der Waals surface area contributed by atoms with Crippen LogP contribution in [-0.4, -0.2) is 58.8 Å². The Morgan fingerprint density at radius 1 is 1.12 bits per heavy atom. The van der Waals surface area contributed by atoms with Gasteiger partial charge in [0.05, 0.1) is 17.7 Å². The lowest BCUT2D eigenvalue weighted by Gasteiger charge is -2.43. The molecule has 3 aliphatic heterocycles. The third-order valence-electron chi connectivity index (χ3n) is 6.42. The smallest absolute Gasteiger partial charge is 0.230 e. The monoisotopic (exact) mass is 331 g/mol. The molecule has 132 valence electrons. The van der Waals surface area contributed by atoms with Crippen molar-refractivity contribution < 1.29 is 9.90 Å². The number of hydrogen-bond donors (Lipinski definition) is 2. The van der Waals surface area contributed by atoms with E-state index in [-0.39, 0.29) is 17.7 Å². The fourth-order valence-corrected chi connectivity index (χ4v) is 5.01. The number of nitrogens with one attached hydrogen (secondary N) is 1. The van der Waals surface area contributed by atoms with Crippen molar-refractivity contribution in [2.75, 3.05) is 19.6 Å². The van der Waals surface area contributed by atoms with Crippen molar-refractivity contribution in [1.29, 1.82) is 0 Å². The van der Waals surface area contributed by atoms with E-state index < -0.39 is 0 Å². The zero-order valence-electron chi connectivity index (χ0n) is 14.4. The number of nitrogens with zero attached hydrogens (tertiary/aromatic N) is 2. The van der Waals surface area contributed by atoms with Crippen LogP contribution in [0.4, 0.5) is 0 Å². The van der Waals surface area contributed by atoms with Crippen LogP contribution in [0.15, 0.2) is 24.4 Å². The lowest BCUT2D eigenvalue weighted by molar-refractivity contribution is -0.142. The number of rotatable bonds is 2. The van der Waals surface area contributed by atoms with E-state index in [9.17, 15) is 9.90 Å². The Kier molecular flexibility index (Phi) is 4.39. The van der Waals surface area contributed by atoms with Gasteiger partial charge in [-0.15, -0.1) is 0 Å². The minimum Gasteiger partial charge on any atom is -0.393 e. The Morgan fingerprint density at radius 3 is 2.71 bits per heavy atom. The van der Waals surface area contributed by atoms with Crippen LogP contribution in [0.1, 0.15) is 44.9 Å². The SMILES string of the molecule is O=C1N(C2CCC(O)CC2)CC[C@@]12CCCN(C1C=CC=CN1)C2. The van der Waals surface area contributed by atoms with E-state index in [2.05, 4.69) is 27.3 Å². The predicted molar refractivity (Wildman–Crippen MR) is 93.0 cm³/mol. The molecule has 4 rings (SSSR count). The van der Waals surface area contributed by atoms with Gasteiger partial charge >= 0.3 is 0 Å². The zero-order chi connectivity index (χ0) is 16.6. The van der Waals surface area contributed by atoms with Gasteiger partial charge in [-0.3, -0.25) is 9.69 Å². The highest BCUT2D eigenvalue weighted by atomic mass is 16.3. The van der Waals surface area contributed by atoms with Gasteiger partial charge in [0, 0.05) is 25.7 Å². The molecule has 1 unspecified atom stereocenters. The summed E-state index contributed by atoms with van der Waals surface area (Å²) in [6, 6.07) is 0.353. The van der Waals surface area contributed by atoms with Crippen molar-refractivity contribution in [2.45, 2.75) is 63.3 Å². The highest BCUT2D eigenvalue weighted by Gasteiger charge is 2.51. The van der Waals surface area contributed by atoms with Gasteiger partial charge < -0.3 is 15.3 Å². The first kappa shape index (κ1) is 16.2. The molecule has 4 aliphatic rings. The largest absolute Gasteiger partial charge is 0.393 e. The lowest BCUT2D eigenvalue weighted by atomic mass is 9.78. The van der Waals surface area contributed by atoms with Gasteiger partial charge in [0.2, 0.25) is 5.91 Å². The summed E-state index contributed by atoms with van der Waals surface area (Å²) >= 11 is 0. The second-order valence-electron chi connectivity index (χ2n) is 7.92. The standard InChI is InChI=1S/C19H29N3O2/c23-16-7-5-15(6-8-16)22-13-10-19(18(22)24)9-3-12-21(14-19)17-4-1-2-11-20-17/h1-2,4,11,15-17,20,23H,3,5-10,12-14H2/t15?,16?,17?,19-/m1/s1. The van der Waals surface area contributed by atoms with Gasteiger partial charge in [0.1, 0.15) is 0 Å². The molecule has 2 atom stereocenters. The van der Waals surface area contributed by atoms with E-state index in [1.807, 2.05) is 12.3 Å². The van der Waals surface area contributed by atoms with Gasteiger partial charge in [0.25, 0.3) is 0 Å². The molecule has 3 fully saturated rings. The van der Waals surface area contributed by atoms with Crippen LogP contribution in [0.5, 0.6) is 0 Å². The molecule has 1 saturated carbocycles. The first-order valence-corrected chi connectivity index (χ1v) is 9.51. The van der Waals surface area contributed by atoms with Crippen LogP contribution < -0.4 is 5.32 Å². The van der Waals surface area contributed by atoms with E-state index in [0.717, 1.165) is 64.6 Å². The predicted octanol–water partition coefficient (Wildman–Crippen LogP) is 1.60. The number of piperidine rings is 1. The van der Waals surface area contributed by atoms with Crippen molar-refractivity contribution in [3.63, 3.8) is 0 Å². The maximum atomic E-state index is 13.3. The molecular weight excluding hydrogens is 302 g/mol. The molecule has 5 nitrogen and oxygen atoms in total. The topological polar surface area (TPSA) is 55.8 Å². The average Bonchev–Trinajstić information content (AvgIpc) is 2.93. The summed E-state index contributed by atoms with van der Waals surface area (Å²) < 4.78 is 0. The number of carbonyl (C=O) groups is 1. The minimum absolute atomic E-state index is 0.157. The maximum absolute atomic E-state index is 13.3. The van der Waals surface area contributed by atoms with E-state index >= 15 is 0 Å². The van der Waals surface area contributed by atoms with Gasteiger partial charge in [-0.05, 0) is 63.3 Å². The van der Waals surface area contributed by atoms with Crippen molar-refractivity contribution in [3.8, 4) is 0 Å². The highest BCUT2D eigenvalue weighted by molar-refractivity contribution is 5.85. The number of hydrogen-bond acceptors (Lipinski definition) is 4. The van der Waals surface area contributed by atoms with Crippen molar-refractivity contribution in [1.82, 2.24) is 15.1 Å². The van der Waals surface area contributed by atoms with E-state index in [4.69, 9.17) is 0 Å². The molecule has 3 heterocycles. The number of allylic oxidation sites excluding steroid dienone is 2. The summed E-state index contributed by atoms with van der Waals surface area (Å²) in [5, 5.41) is 13.1. The Hall–Kier alpha value is -1.33. The van der Waals surface area contributed by atoms with Crippen LogP contribution in [0, 0.1) is 5.41 Å². The third-order valence-corrected chi connectivity index (χ3v) is 6.42. The highest BCUT2D eigenvalue weighted by Crippen LogP contribution is 2.42. The molecule has 0 bridgehead atoms. The summed E-state index contributed by atoms with van der Waals surface area (Å²) in [5.74, 6) is 0.379. The summed E-state index contributed by atoms with van der Waals surface area (Å²) in [6.07, 6.45) is 15.1. The van der Waals surface area contributed by atoms with Gasteiger partial charge in [-0.2, -0.15) is 0 Å². The van der Waals surface area contributed by atoms with E-state index in [1.165, 1.54) is 0 Å². The Labute approximate surface area is 144 Å². The number of likely N-dealkylation sites (tertiary alicyclic amines) is 2. The molecule has 0 aromatic heterocycles. The van der Waals surface area contributed by atoms with E-state index in [0.29, 0.717) is 11.9 Å². The summed E-state index contributed by atoms with van der Waals surface area (Å²) in [7, 11) is 0. The van der Waals surface area contributed by atoms with Gasteiger partial charge in [0.15, 0.2) is 0 Å². The molecule has 1 aliphatic carbocycles. The average molecular weight is 331 g/mol. The zero-order valence-corrected chi connectivity index (χ0v) is 14.4. The maximum Gasteiger partial charge on any atom is 0.230 e. The summed E-state index contributed by atoms with van der Waals surface area (Å²) in [4.78, 5) is 17.9. The molecule has 1 amide bonds. The van der Waals surface area contributed by atoms with Crippen LogP contribution in [-0.2, 0) is 4.79 Å². The molecule has 2 saturated heterocycles. The number of aliphatic hydroxyl groups is 1. The fraction of sp³-hybridized carbons (Fsp3) is 0.737. The van der Waals surface area contributed by atoms with Crippen LogP contribution in [0.2, 0.25) is 0 Å². The molecule has 0 aromatic rings. The Bertz CT molecular complexity index is 539. The van der Waals surface area contributed by atoms with Crippen LogP contribution in [0.3, 0.4) is 0 Å². The molecule has 2 N–H and O–H groups in total. The molecule has 0 radical (unpaired) electrons. The van der Waals surface area contributed by atoms with Gasteiger partial charge in [-0.1, -0.05) is 6.08 Å². The first-order chi connectivity index (χ1) is 11.7. The second-order valence-corrected chi connectivity index (χ2v) is 7.92. The Balaban J connectivity index is 1.44. The van der Waals surface area contributed by atoms with Crippen molar-refractivity contribution >= 4 is 5.91 Å². The van der Waals surface area contributed by atoms with Crippen molar-refractivity contribution in [3.05, 3.63) is 24.4 Å². The minimum atomic E-state index is -0.176. The number of aliphatic hydroxyl groups excluding tert-OH is 1. The second kappa shape index (κ2) is 6.52. The van der Waals surface area contributed by atoms with Gasteiger partial charge in [-0.25, -0.2) is 0 Å². The molecule has 1 spiro atoms. The molecule has 0 aromatic carbocycles. The number of dihydropyridines is 1. The summed E-state index contributed by atoms with van der Waals surface area (Å²) in [5.41, 5.74) is -0.176. The lowest BCUT2D eigenvalue weighted by Crippen LogP contribution is -2.54. The molecule has 24 heavy (non-hydrogen) atoms. The molecular formula is C19H29N3O2. The Morgan fingerprint density at radius 2 is 1.96 bits per heavy atom. The molecule has 5 heteroatoms. The fourth-order valence-electron chi connectivity index (χ4n) is 5.01. The normalized spacial score (nSPS) is 40.3. The van der Waals surface area contributed by atoms with Crippen LogP contribution in [0.25, 0.3) is 0 Å². The summed E-state index contributed by atoms with van der Waals surface area (Å²) in [6.45, 7) is 2.83. The number of amides is 1.